The fourth-order valence-electron chi connectivity index (χ4n) is 7.19. The van der Waals surface area contributed by atoms with Crippen LogP contribution in [-0.2, 0) is 28.6 Å². The Hall–Kier alpha value is -2.19. The molecule has 0 heterocycles. The van der Waals surface area contributed by atoms with Gasteiger partial charge in [-0.05, 0) is 38.5 Å². The molecule has 0 aliphatic heterocycles. The number of unbranched alkanes of at least 4 members (excludes halogenated alkanes) is 25. The summed E-state index contributed by atoms with van der Waals surface area (Å²) >= 11 is 0. The van der Waals surface area contributed by atoms with Gasteiger partial charge in [-0.15, -0.1) is 0 Å². The molecule has 57 heavy (non-hydrogen) atoms. The molecule has 0 radical (unpaired) electrons. The molecular weight excluding hydrogens is 715 g/mol. The lowest BCUT2D eigenvalue weighted by atomic mass is 10.0. The summed E-state index contributed by atoms with van der Waals surface area (Å²) in [4.78, 5) is 37.0. The van der Waals surface area contributed by atoms with Crippen LogP contribution in [0.4, 0.5) is 0 Å². The summed E-state index contributed by atoms with van der Waals surface area (Å²) in [5.74, 6) is -1.46. The molecule has 0 fully saturated rings. The molecule has 0 saturated heterocycles. The molecule has 1 N–H and O–H groups in total. The molecule has 0 aromatic rings. The first kappa shape index (κ1) is 54.8. The van der Waals surface area contributed by atoms with Gasteiger partial charge in [-0.2, -0.15) is 0 Å². The summed E-state index contributed by atoms with van der Waals surface area (Å²) in [6.07, 6.45) is 45.1. The lowest BCUT2D eigenvalue weighted by Gasteiger charge is -2.31. The van der Waals surface area contributed by atoms with E-state index in [1.807, 2.05) is 21.1 Å². The maximum atomic E-state index is 12.8. The van der Waals surface area contributed by atoms with Crippen LogP contribution in [0, 0.1) is 0 Å². The van der Waals surface area contributed by atoms with Crippen LogP contribution in [-0.4, -0.2) is 80.6 Å². The van der Waals surface area contributed by atoms with Crippen molar-refractivity contribution in [3.63, 3.8) is 0 Å². The SMILES string of the molecule is CC/C=C/C/C=C/CCCCCCCCCC(=O)OCC(COCCC(C(=O)O)[N+](C)(C)C)OC(=O)CCCCCCCCCCCCCCCCCCCCC. The fourth-order valence-corrected chi connectivity index (χ4v) is 7.19. The van der Waals surface area contributed by atoms with Crippen LogP contribution in [0.1, 0.15) is 219 Å². The lowest BCUT2D eigenvalue weighted by molar-refractivity contribution is -0.887. The zero-order valence-electron chi connectivity index (χ0n) is 38.1. The van der Waals surface area contributed by atoms with Crippen LogP contribution in [0.2, 0.25) is 0 Å². The number of likely N-dealkylation sites (N-methyl/N-ethyl adjacent to an activating group) is 1. The van der Waals surface area contributed by atoms with Gasteiger partial charge in [0.15, 0.2) is 12.1 Å². The number of quaternary nitrogens is 1. The average molecular weight is 807 g/mol. The predicted molar refractivity (Wildman–Crippen MR) is 238 cm³/mol. The number of hydrogen-bond donors (Lipinski definition) is 1. The van der Waals surface area contributed by atoms with E-state index in [1.165, 1.54) is 128 Å². The summed E-state index contributed by atoms with van der Waals surface area (Å²) in [5.41, 5.74) is 0. The smallest absolute Gasteiger partial charge is 0.362 e. The highest BCUT2D eigenvalue weighted by atomic mass is 16.6. The first-order valence-corrected chi connectivity index (χ1v) is 23.9. The van der Waals surface area contributed by atoms with E-state index in [1.54, 1.807) is 0 Å². The lowest BCUT2D eigenvalue weighted by Crippen LogP contribution is -2.50. The van der Waals surface area contributed by atoms with E-state index in [-0.39, 0.29) is 36.2 Å². The molecule has 0 bridgehead atoms. The molecule has 2 atom stereocenters. The Morgan fingerprint density at radius 3 is 1.44 bits per heavy atom. The van der Waals surface area contributed by atoms with Gasteiger partial charge in [0.1, 0.15) is 6.61 Å². The van der Waals surface area contributed by atoms with Gasteiger partial charge in [0, 0.05) is 19.3 Å². The standard InChI is InChI=1S/C49H91NO7/c1-6-8-10-12-14-16-18-20-22-23-24-25-26-28-30-32-34-36-38-40-48(52)57-45(43-55-42-41-46(49(53)54)50(3,4)5)44-56-47(51)39-37-35-33-31-29-27-21-19-17-15-13-11-9-7-2/h9,11,15,17,45-46H,6-8,10,12-14,16,18-44H2,1-5H3/p+1/b11-9+,17-15+. The molecule has 2 unspecified atom stereocenters. The minimum atomic E-state index is -0.874. The number of carboxylic acid groups (broad SMARTS) is 1. The molecule has 0 aromatic carbocycles. The maximum absolute atomic E-state index is 12.8. The Morgan fingerprint density at radius 2 is 0.982 bits per heavy atom. The summed E-state index contributed by atoms with van der Waals surface area (Å²) < 4.78 is 17.3. The minimum absolute atomic E-state index is 0.0508. The molecule has 0 aliphatic carbocycles. The number of allylic oxidation sites excluding steroid dienone is 4. The first-order valence-electron chi connectivity index (χ1n) is 23.9. The van der Waals surface area contributed by atoms with Gasteiger partial charge in [-0.3, -0.25) is 9.59 Å². The van der Waals surface area contributed by atoms with E-state index < -0.39 is 18.1 Å². The summed E-state index contributed by atoms with van der Waals surface area (Å²) in [6, 6.07) is -0.613. The largest absolute Gasteiger partial charge is 0.477 e. The molecule has 8 nitrogen and oxygen atoms in total. The Labute approximate surface area is 351 Å². The van der Waals surface area contributed by atoms with E-state index in [0.717, 1.165) is 57.8 Å². The second-order valence-electron chi connectivity index (χ2n) is 17.3. The van der Waals surface area contributed by atoms with Crippen molar-refractivity contribution in [3.8, 4) is 0 Å². The van der Waals surface area contributed by atoms with E-state index in [4.69, 9.17) is 14.2 Å². The van der Waals surface area contributed by atoms with Gasteiger partial charge in [-0.1, -0.05) is 186 Å². The number of rotatable bonds is 43. The number of nitrogens with zero attached hydrogens (tertiary/aromatic N) is 1. The number of carbonyl (C=O) groups excluding carboxylic acids is 2. The minimum Gasteiger partial charge on any atom is -0.477 e. The summed E-state index contributed by atoms with van der Waals surface area (Å²) in [5, 5.41) is 9.63. The van der Waals surface area contributed by atoms with Crippen LogP contribution in [0.15, 0.2) is 24.3 Å². The van der Waals surface area contributed by atoms with E-state index >= 15 is 0 Å². The Bertz CT molecular complexity index is 989. The average Bonchev–Trinajstić information content (AvgIpc) is 3.17. The first-order chi connectivity index (χ1) is 27.6. The molecule has 0 rings (SSSR count). The number of aliphatic carboxylic acids is 1. The third-order valence-corrected chi connectivity index (χ3v) is 10.9. The van der Waals surface area contributed by atoms with Crippen LogP contribution in [0.5, 0.6) is 0 Å². The predicted octanol–water partition coefficient (Wildman–Crippen LogP) is 13.3. The Balaban J connectivity index is 4.25. The van der Waals surface area contributed by atoms with E-state index in [2.05, 4.69) is 38.2 Å². The van der Waals surface area contributed by atoms with Crippen molar-refractivity contribution in [3.05, 3.63) is 24.3 Å². The van der Waals surface area contributed by atoms with Crippen molar-refractivity contribution in [2.24, 2.45) is 0 Å². The summed E-state index contributed by atoms with van der Waals surface area (Å²) in [7, 11) is 5.53. The number of hydrogen-bond acceptors (Lipinski definition) is 6. The topological polar surface area (TPSA) is 99.1 Å². The Morgan fingerprint density at radius 1 is 0.544 bits per heavy atom. The number of esters is 2. The van der Waals surface area contributed by atoms with Crippen LogP contribution >= 0.6 is 0 Å². The zero-order valence-corrected chi connectivity index (χ0v) is 38.1. The quantitative estimate of drug-likeness (QED) is 0.0283. The van der Waals surface area contributed by atoms with Gasteiger partial charge in [0.25, 0.3) is 0 Å². The van der Waals surface area contributed by atoms with Crippen molar-refractivity contribution in [1.82, 2.24) is 0 Å². The Kier molecular flexibility index (Phi) is 39.0. The van der Waals surface area contributed by atoms with Crippen molar-refractivity contribution in [2.45, 2.75) is 231 Å². The second kappa shape index (κ2) is 40.6. The maximum Gasteiger partial charge on any atom is 0.362 e. The van der Waals surface area contributed by atoms with Gasteiger partial charge in [0.2, 0.25) is 0 Å². The highest BCUT2D eigenvalue weighted by Crippen LogP contribution is 2.16. The number of carbonyl (C=O) groups is 3. The molecule has 0 spiro atoms. The molecule has 0 aromatic heterocycles. The molecule has 8 heteroatoms. The normalized spacial score (nSPS) is 13.1. The third-order valence-electron chi connectivity index (χ3n) is 10.9. The van der Waals surface area contributed by atoms with Gasteiger partial charge in [-0.25, -0.2) is 4.79 Å². The second-order valence-corrected chi connectivity index (χ2v) is 17.3. The fraction of sp³-hybridized carbons (Fsp3) is 0.857. The summed E-state index contributed by atoms with van der Waals surface area (Å²) in [6.45, 7) is 4.65. The molecule has 0 aliphatic rings. The molecule has 334 valence electrons. The van der Waals surface area contributed by atoms with Gasteiger partial charge >= 0.3 is 17.9 Å². The van der Waals surface area contributed by atoms with Crippen molar-refractivity contribution in [2.75, 3.05) is 41.0 Å². The third kappa shape index (κ3) is 39.1. The molecule has 0 amide bonds. The molecular formula is C49H92NO7+. The van der Waals surface area contributed by atoms with Crippen LogP contribution in [0.3, 0.4) is 0 Å². The molecule has 0 saturated carbocycles. The van der Waals surface area contributed by atoms with Crippen molar-refractivity contribution in [1.29, 1.82) is 0 Å². The zero-order chi connectivity index (χ0) is 42.1. The van der Waals surface area contributed by atoms with E-state index in [0.29, 0.717) is 19.3 Å². The van der Waals surface area contributed by atoms with Gasteiger partial charge < -0.3 is 23.8 Å². The number of carboxylic acids is 1. The van der Waals surface area contributed by atoms with Crippen LogP contribution < -0.4 is 0 Å². The van der Waals surface area contributed by atoms with Crippen molar-refractivity contribution >= 4 is 17.9 Å². The van der Waals surface area contributed by atoms with Crippen LogP contribution in [0.25, 0.3) is 0 Å². The highest BCUT2D eigenvalue weighted by molar-refractivity contribution is 5.72. The number of ether oxygens (including phenoxy) is 3. The van der Waals surface area contributed by atoms with Crippen molar-refractivity contribution < 1.29 is 38.2 Å². The highest BCUT2D eigenvalue weighted by Gasteiger charge is 2.31. The van der Waals surface area contributed by atoms with Gasteiger partial charge in [0.05, 0.1) is 34.4 Å². The van der Waals surface area contributed by atoms with E-state index in [9.17, 15) is 19.5 Å². The monoisotopic (exact) mass is 807 g/mol.